The predicted octanol–water partition coefficient (Wildman–Crippen LogP) is 3.91. The quantitative estimate of drug-likeness (QED) is 0.481. The normalized spacial score (nSPS) is 11.7. The number of pyridine rings is 1. The van der Waals surface area contributed by atoms with Gasteiger partial charge in [-0.25, -0.2) is 4.39 Å². The summed E-state index contributed by atoms with van der Waals surface area (Å²) >= 11 is 0. The molecule has 0 aliphatic heterocycles. The van der Waals surface area contributed by atoms with E-state index in [1.54, 1.807) is 54.9 Å². The van der Waals surface area contributed by atoms with Crippen LogP contribution in [0.5, 0.6) is 0 Å². The number of halogens is 1. The van der Waals surface area contributed by atoms with Crippen LogP contribution >= 0.6 is 0 Å². The lowest BCUT2D eigenvalue weighted by molar-refractivity contribution is 0.102. The van der Waals surface area contributed by atoms with Crippen molar-refractivity contribution >= 4 is 17.3 Å². The molecular weight excluding hydrogens is 331 g/mol. The van der Waals surface area contributed by atoms with Crippen LogP contribution in [0.4, 0.5) is 15.8 Å². The highest BCUT2D eigenvalue weighted by molar-refractivity contribution is 6.04. The fraction of sp³-hybridized carbons (Fsp3) is 0.100. The number of hydrogen-bond donors (Lipinski definition) is 3. The van der Waals surface area contributed by atoms with Crippen molar-refractivity contribution in [1.29, 1.82) is 0 Å². The number of nitrogens with two attached hydrogens (primary N) is 1. The molecule has 26 heavy (non-hydrogen) atoms. The fourth-order valence-electron chi connectivity index (χ4n) is 2.76. The second-order valence-electron chi connectivity index (χ2n) is 5.91. The zero-order valence-electron chi connectivity index (χ0n) is 14.2. The van der Waals surface area contributed by atoms with Gasteiger partial charge < -0.3 is 10.7 Å². The van der Waals surface area contributed by atoms with E-state index in [1.807, 2.05) is 6.92 Å². The van der Waals surface area contributed by atoms with E-state index in [1.165, 1.54) is 12.1 Å². The molecule has 1 atom stereocenters. The summed E-state index contributed by atoms with van der Waals surface area (Å²) in [6.07, 6.45) is 3.22. The number of nitrogens with one attached hydrogen (secondary N) is 2. The maximum absolute atomic E-state index is 13.2. The van der Waals surface area contributed by atoms with Gasteiger partial charge in [-0.05, 0) is 53.6 Å². The Morgan fingerprint density at radius 3 is 2.42 bits per heavy atom. The third kappa shape index (κ3) is 3.87. The van der Waals surface area contributed by atoms with Crippen LogP contribution in [0, 0.1) is 5.82 Å². The summed E-state index contributed by atoms with van der Waals surface area (Å²) < 4.78 is 13.2. The van der Waals surface area contributed by atoms with E-state index in [0.29, 0.717) is 16.9 Å². The summed E-state index contributed by atoms with van der Waals surface area (Å²) in [7, 11) is 0. The molecule has 132 valence electrons. The largest absolute Gasteiger partial charge is 0.324 e. The second kappa shape index (κ2) is 7.76. The van der Waals surface area contributed by atoms with Gasteiger partial charge in [0.05, 0.1) is 5.69 Å². The molecule has 0 saturated carbocycles. The number of nitrogens with zero attached hydrogens (tertiary/aromatic N) is 1. The van der Waals surface area contributed by atoms with Gasteiger partial charge in [0.25, 0.3) is 5.91 Å². The zero-order chi connectivity index (χ0) is 18.5. The Labute approximate surface area is 151 Å². The molecule has 1 aromatic heterocycles. The van der Waals surface area contributed by atoms with Gasteiger partial charge in [0.1, 0.15) is 5.82 Å². The van der Waals surface area contributed by atoms with Gasteiger partial charge in [-0.1, -0.05) is 19.1 Å². The number of benzene rings is 2. The van der Waals surface area contributed by atoms with Crippen LogP contribution in [0.3, 0.4) is 0 Å². The standard InChI is InChI=1S/C20H19FN4O/c1-13(14-2-5-16(21)6-3-14)18-12-15(4-7-19(18)25-22)20(26)24-17-8-10-23-11-9-17/h2-13,25H,22H2,1H3,(H,23,24,26). The lowest BCUT2D eigenvalue weighted by Gasteiger charge is -2.18. The second-order valence-corrected chi connectivity index (χ2v) is 5.91. The lowest BCUT2D eigenvalue weighted by atomic mass is 9.90. The van der Waals surface area contributed by atoms with E-state index in [0.717, 1.165) is 11.1 Å². The first-order valence-corrected chi connectivity index (χ1v) is 8.16. The number of carbonyl (C=O) groups is 1. The van der Waals surface area contributed by atoms with Crippen LogP contribution in [0.15, 0.2) is 67.0 Å². The summed E-state index contributed by atoms with van der Waals surface area (Å²) in [6.45, 7) is 1.98. The van der Waals surface area contributed by atoms with Crippen molar-refractivity contribution in [3.8, 4) is 0 Å². The maximum atomic E-state index is 13.2. The van der Waals surface area contributed by atoms with Crippen LogP contribution in [-0.2, 0) is 0 Å². The van der Waals surface area contributed by atoms with Crippen molar-refractivity contribution < 1.29 is 9.18 Å². The molecule has 5 nitrogen and oxygen atoms in total. The Bertz CT molecular complexity index is 897. The molecule has 0 bridgehead atoms. The van der Waals surface area contributed by atoms with E-state index in [9.17, 15) is 9.18 Å². The topological polar surface area (TPSA) is 80.0 Å². The average Bonchev–Trinajstić information content (AvgIpc) is 2.68. The monoisotopic (exact) mass is 350 g/mol. The SMILES string of the molecule is CC(c1ccc(F)cc1)c1cc(C(=O)Nc2ccncc2)ccc1NN. The predicted molar refractivity (Wildman–Crippen MR) is 100 cm³/mol. The van der Waals surface area contributed by atoms with Crippen molar-refractivity contribution in [2.45, 2.75) is 12.8 Å². The van der Waals surface area contributed by atoms with Crippen LogP contribution in [0.25, 0.3) is 0 Å². The maximum Gasteiger partial charge on any atom is 0.255 e. The zero-order valence-corrected chi connectivity index (χ0v) is 14.2. The summed E-state index contributed by atoms with van der Waals surface area (Å²) in [6, 6.07) is 15.0. The molecule has 2 aromatic carbocycles. The number of hydrogen-bond acceptors (Lipinski definition) is 4. The summed E-state index contributed by atoms with van der Waals surface area (Å²) in [5.74, 6) is 5.03. The molecule has 0 spiro atoms. The summed E-state index contributed by atoms with van der Waals surface area (Å²) in [5.41, 5.74) is 6.31. The fourth-order valence-corrected chi connectivity index (χ4v) is 2.76. The van der Waals surface area contributed by atoms with E-state index >= 15 is 0 Å². The third-order valence-corrected chi connectivity index (χ3v) is 4.24. The van der Waals surface area contributed by atoms with Gasteiger partial charge in [-0.2, -0.15) is 0 Å². The minimum absolute atomic E-state index is 0.0738. The molecular formula is C20H19FN4O. The van der Waals surface area contributed by atoms with Crippen molar-refractivity contribution in [1.82, 2.24) is 4.98 Å². The molecule has 0 saturated heterocycles. The molecule has 1 heterocycles. The lowest BCUT2D eigenvalue weighted by Crippen LogP contribution is -2.15. The van der Waals surface area contributed by atoms with Gasteiger partial charge in [0.15, 0.2) is 0 Å². The number of nitrogen functional groups attached to an aromatic ring is 1. The molecule has 1 amide bonds. The van der Waals surface area contributed by atoms with Gasteiger partial charge in [0.2, 0.25) is 0 Å². The summed E-state index contributed by atoms with van der Waals surface area (Å²) in [4.78, 5) is 16.5. The van der Waals surface area contributed by atoms with E-state index in [4.69, 9.17) is 5.84 Å². The first-order chi connectivity index (χ1) is 12.6. The number of amides is 1. The highest BCUT2D eigenvalue weighted by Crippen LogP contribution is 2.31. The molecule has 4 N–H and O–H groups in total. The number of rotatable bonds is 5. The highest BCUT2D eigenvalue weighted by atomic mass is 19.1. The van der Waals surface area contributed by atoms with Crippen molar-refractivity contribution in [2.24, 2.45) is 5.84 Å². The first-order valence-electron chi connectivity index (χ1n) is 8.16. The van der Waals surface area contributed by atoms with Gasteiger partial charge in [0, 0.05) is 29.6 Å². The van der Waals surface area contributed by atoms with Crippen LogP contribution < -0.4 is 16.6 Å². The summed E-state index contributed by atoms with van der Waals surface area (Å²) in [5, 5.41) is 2.83. The van der Waals surface area contributed by atoms with Gasteiger partial charge in [-0.15, -0.1) is 0 Å². The number of anilines is 2. The van der Waals surface area contributed by atoms with Crippen molar-refractivity contribution in [3.63, 3.8) is 0 Å². The van der Waals surface area contributed by atoms with Crippen molar-refractivity contribution in [2.75, 3.05) is 10.7 Å². The van der Waals surface area contributed by atoms with E-state index in [2.05, 4.69) is 15.7 Å². The molecule has 0 aliphatic rings. The molecule has 0 fully saturated rings. The molecule has 3 rings (SSSR count). The van der Waals surface area contributed by atoms with Crippen LogP contribution in [0.1, 0.15) is 34.3 Å². The Morgan fingerprint density at radius 1 is 1.08 bits per heavy atom. The van der Waals surface area contributed by atoms with E-state index in [-0.39, 0.29) is 17.6 Å². The van der Waals surface area contributed by atoms with E-state index < -0.39 is 0 Å². The average molecular weight is 350 g/mol. The Morgan fingerprint density at radius 2 is 1.77 bits per heavy atom. The number of aromatic nitrogens is 1. The Hall–Kier alpha value is -3.25. The molecule has 3 aromatic rings. The Balaban J connectivity index is 1.91. The smallest absolute Gasteiger partial charge is 0.255 e. The first kappa shape index (κ1) is 17.6. The van der Waals surface area contributed by atoms with Gasteiger partial charge >= 0.3 is 0 Å². The molecule has 0 radical (unpaired) electrons. The van der Waals surface area contributed by atoms with Gasteiger partial charge in [-0.3, -0.25) is 15.6 Å². The Kier molecular flexibility index (Phi) is 5.24. The number of hydrazine groups is 1. The van der Waals surface area contributed by atoms with Crippen molar-refractivity contribution in [3.05, 3.63) is 89.5 Å². The molecule has 1 unspecified atom stereocenters. The highest BCUT2D eigenvalue weighted by Gasteiger charge is 2.16. The number of carbonyl (C=O) groups excluding carboxylic acids is 1. The van der Waals surface area contributed by atoms with Crippen LogP contribution in [-0.4, -0.2) is 10.9 Å². The minimum atomic E-state index is -0.288. The molecule has 0 aliphatic carbocycles. The van der Waals surface area contributed by atoms with Crippen LogP contribution in [0.2, 0.25) is 0 Å². The minimum Gasteiger partial charge on any atom is -0.324 e. The third-order valence-electron chi connectivity index (χ3n) is 4.24. The molecule has 6 heteroatoms.